The van der Waals surface area contributed by atoms with Crippen molar-refractivity contribution < 1.29 is 13.2 Å². The highest BCUT2D eigenvalue weighted by Gasteiger charge is 2.33. The molecule has 0 aliphatic carbocycles. The van der Waals surface area contributed by atoms with Gasteiger partial charge in [-0.05, 0) is 30.5 Å². The number of alkyl halides is 3. The Bertz CT molecular complexity index is 588. The van der Waals surface area contributed by atoms with Gasteiger partial charge in [0.25, 0.3) is 0 Å². The van der Waals surface area contributed by atoms with E-state index in [1.54, 1.807) is 6.07 Å². The summed E-state index contributed by atoms with van der Waals surface area (Å²) in [5, 5.41) is -0.212. The molecule has 0 saturated heterocycles. The first-order valence-corrected chi connectivity index (χ1v) is 6.16. The second kappa shape index (κ2) is 5.25. The van der Waals surface area contributed by atoms with E-state index in [0.717, 1.165) is 17.2 Å². The maximum absolute atomic E-state index is 12.7. The van der Waals surface area contributed by atoms with Crippen LogP contribution in [0.15, 0.2) is 42.5 Å². The van der Waals surface area contributed by atoms with Gasteiger partial charge in [-0.1, -0.05) is 53.6 Å². The van der Waals surface area contributed by atoms with Crippen molar-refractivity contribution in [3.63, 3.8) is 0 Å². The molecular weight excluding hydrogens is 273 g/mol. The number of aryl methyl sites for hydroxylation is 1. The molecule has 0 aliphatic rings. The standard InChI is InChI=1S/C15H12ClF3/c1-10-4-2-5-11(8-10)9-12-6-3-7-13(14(12)16)15(17,18)19/h2-8H,9H2,1H3. The average Bonchev–Trinajstić information content (AvgIpc) is 2.30. The van der Waals surface area contributed by atoms with Crippen molar-refractivity contribution in [2.45, 2.75) is 19.5 Å². The summed E-state index contributed by atoms with van der Waals surface area (Å²) in [5.41, 5.74) is 1.73. The van der Waals surface area contributed by atoms with Gasteiger partial charge in [-0.15, -0.1) is 0 Å². The predicted molar refractivity (Wildman–Crippen MR) is 70.4 cm³/mol. The lowest BCUT2D eigenvalue weighted by Crippen LogP contribution is -2.07. The van der Waals surface area contributed by atoms with E-state index in [-0.39, 0.29) is 5.02 Å². The summed E-state index contributed by atoms with van der Waals surface area (Å²) < 4.78 is 38.2. The molecule has 0 unspecified atom stereocenters. The topological polar surface area (TPSA) is 0 Å². The molecule has 0 radical (unpaired) electrons. The van der Waals surface area contributed by atoms with Crippen LogP contribution in [-0.2, 0) is 12.6 Å². The summed E-state index contributed by atoms with van der Waals surface area (Å²) in [6, 6.07) is 11.7. The van der Waals surface area contributed by atoms with Crippen LogP contribution in [0.5, 0.6) is 0 Å². The summed E-state index contributed by atoms with van der Waals surface area (Å²) in [5.74, 6) is 0. The summed E-state index contributed by atoms with van der Waals surface area (Å²) in [4.78, 5) is 0. The van der Waals surface area contributed by atoms with E-state index < -0.39 is 11.7 Å². The SMILES string of the molecule is Cc1cccc(Cc2cccc(C(F)(F)F)c2Cl)c1. The highest BCUT2D eigenvalue weighted by Crippen LogP contribution is 2.36. The molecule has 0 heterocycles. The molecule has 0 atom stereocenters. The molecule has 0 spiro atoms. The number of hydrogen-bond donors (Lipinski definition) is 0. The second-order valence-electron chi connectivity index (χ2n) is 4.44. The molecule has 19 heavy (non-hydrogen) atoms. The minimum absolute atomic E-state index is 0.212. The fourth-order valence-corrected chi connectivity index (χ4v) is 2.28. The van der Waals surface area contributed by atoms with Crippen molar-refractivity contribution in [3.05, 3.63) is 69.7 Å². The predicted octanol–water partition coefficient (Wildman–Crippen LogP) is 5.26. The molecule has 4 heteroatoms. The van der Waals surface area contributed by atoms with Crippen LogP contribution in [0, 0.1) is 6.92 Å². The van der Waals surface area contributed by atoms with E-state index in [4.69, 9.17) is 11.6 Å². The lowest BCUT2D eigenvalue weighted by atomic mass is 10.0. The second-order valence-corrected chi connectivity index (χ2v) is 4.82. The first-order chi connectivity index (χ1) is 8.88. The first kappa shape index (κ1) is 13.9. The number of benzene rings is 2. The minimum Gasteiger partial charge on any atom is -0.166 e. The molecule has 0 amide bonds. The van der Waals surface area contributed by atoms with E-state index in [1.165, 1.54) is 6.07 Å². The lowest BCUT2D eigenvalue weighted by molar-refractivity contribution is -0.137. The summed E-state index contributed by atoms with van der Waals surface area (Å²) >= 11 is 5.86. The molecule has 0 aromatic heterocycles. The zero-order chi connectivity index (χ0) is 14.0. The van der Waals surface area contributed by atoms with Crippen LogP contribution in [-0.4, -0.2) is 0 Å². The van der Waals surface area contributed by atoms with Crippen molar-refractivity contribution in [1.29, 1.82) is 0 Å². The van der Waals surface area contributed by atoms with Gasteiger partial charge in [-0.2, -0.15) is 13.2 Å². The Balaban J connectivity index is 2.36. The van der Waals surface area contributed by atoms with Crippen LogP contribution in [0.3, 0.4) is 0 Å². The normalized spacial score (nSPS) is 11.6. The lowest BCUT2D eigenvalue weighted by Gasteiger charge is -2.12. The average molecular weight is 285 g/mol. The fraction of sp³-hybridized carbons (Fsp3) is 0.200. The molecule has 0 saturated carbocycles. The fourth-order valence-electron chi connectivity index (χ4n) is 1.98. The highest BCUT2D eigenvalue weighted by molar-refractivity contribution is 6.32. The quantitative estimate of drug-likeness (QED) is 0.706. The van der Waals surface area contributed by atoms with Crippen LogP contribution in [0.2, 0.25) is 5.02 Å². The van der Waals surface area contributed by atoms with Gasteiger partial charge in [0.05, 0.1) is 10.6 Å². The van der Waals surface area contributed by atoms with Crippen LogP contribution in [0.1, 0.15) is 22.3 Å². The Labute approximate surface area is 114 Å². The van der Waals surface area contributed by atoms with Crippen molar-refractivity contribution in [1.82, 2.24) is 0 Å². The Morgan fingerprint density at radius 2 is 1.74 bits per heavy atom. The molecule has 2 aromatic rings. The van der Waals surface area contributed by atoms with Crippen molar-refractivity contribution >= 4 is 11.6 Å². The van der Waals surface area contributed by atoms with Gasteiger partial charge in [-0.25, -0.2) is 0 Å². The molecule has 0 N–H and O–H groups in total. The summed E-state index contributed by atoms with van der Waals surface area (Å²) in [6.45, 7) is 1.94. The third-order valence-corrected chi connectivity index (χ3v) is 3.31. The molecule has 0 bridgehead atoms. The monoisotopic (exact) mass is 284 g/mol. The van der Waals surface area contributed by atoms with Crippen molar-refractivity contribution in [2.24, 2.45) is 0 Å². The van der Waals surface area contributed by atoms with Crippen LogP contribution < -0.4 is 0 Å². The largest absolute Gasteiger partial charge is 0.417 e. The third-order valence-electron chi connectivity index (χ3n) is 2.86. The number of halogens is 4. The van der Waals surface area contributed by atoms with E-state index in [2.05, 4.69) is 0 Å². The maximum atomic E-state index is 12.7. The summed E-state index contributed by atoms with van der Waals surface area (Å²) in [7, 11) is 0. The zero-order valence-electron chi connectivity index (χ0n) is 10.3. The van der Waals surface area contributed by atoms with Crippen molar-refractivity contribution in [3.8, 4) is 0 Å². The number of hydrogen-bond acceptors (Lipinski definition) is 0. The minimum atomic E-state index is -4.42. The van der Waals surface area contributed by atoms with Crippen LogP contribution in [0.25, 0.3) is 0 Å². The number of rotatable bonds is 2. The van der Waals surface area contributed by atoms with Gasteiger partial charge in [0, 0.05) is 0 Å². The van der Waals surface area contributed by atoms with E-state index in [9.17, 15) is 13.2 Å². The molecule has 2 rings (SSSR count). The Kier molecular flexibility index (Phi) is 3.85. The van der Waals surface area contributed by atoms with E-state index >= 15 is 0 Å². The molecule has 0 nitrogen and oxygen atoms in total. The van der Waals surface area contributed by atoms with Crippen molar-refractivity contribution in [2.75, 3.05) is 0 Å². The van der Waals surface area contributed by atoms with Gasteiger partial charge in [0.15, 0.2) is 0 Å². The zero-order valence-corrected chi connectivity index (χ0v) is 11.0. The van der Waals surface area contributed by atoms with E-state index in [1.807, 2.05) is 31.2 Å². The third kappa shape index (κ3) is 3.29. The molecule has 100 valence electrons. The molecule has 0 aliphatic heterocycles. The Morgan fingerprint density at radius 3 is 2.37 bits per heavy atom. The highest BCUT2D eigenvalue weighted by atomic mass is 35.5. The van der Waals surface area contributed by atoms with Gasteiger partial charge in [0.2, 0.25) is 0 Å². The smallest absolute Gasteiger partial charge is 0.166 e. The van der Waals surface area contributed by atoms with Crippen LogP contribution >= 0.6 is 11.6 Å². The van der Waals surface area contributed by atoms with Crippen LogP contribution in [0.4, 0.5) is 13.2 Å². The molecule has 0 fully saturated rings. The molecule has 2 aromatic carbocycles. The first-order valence-electron chi connectivity index (χ1n) is 5.78. The molecular formula is C15H12ClF3. The maximum Gasteiger partial charge on any atom is 0.417 e. The Morgan fingerprint density at radius 1 is 1.05 bits per heavy atom. The Hall–Kier alpha value is -1.48. The van der Waals surface area contributed by atoms with Gasteiger partial charge >= 0.3 is 6.18 Å². The van der Waals surface area contributed by atoms with E-state index in [0.29, 0.717) is 12.0 Å². The summed E-state index contributed by atoms with van der Waals surface area (Å²) in [6.07, 6.45) is -4.02. The van der Waals surface area contributed by atoms with Gasteiger partial charge in [0.1, 0.15) is 0 Å². The van der Waals surface area contributed by atoms with Gasteiger partial charge in [-0.3, -0.25) is 0 Å². The van der Waals surface area contributed by atoms with Gasteiger partial charge < -0.3 is 0 Å².